The number of urea groups is 1. The van der Waals surface area contributed by atoms with Gasteiger partial charge in [-0.25, -0.2) is 14.8 Å². The van der Waals surface area contributed by atoms with E-state index in [4.69, 9.17) is 9.72 Å². The fraction of sp³-hybridized carbons (Fsp3) is 0.346. The quantitative estimate of drug-likeness (QED) is 0.649. The molecular weight excluding hydrogens is 414 g/mol. The minimum Gasteiger partial charge on any atom is -0.482 e. The number of carbonyl (C=O) groups excluding carboxylic acids is 1. The molecule has 0 aliphatic carbocycles. The van der Waals surface area contributed by atoms with Crippen LogP contribution in [0.15, 0.2) is 60.9 Å². The molecule has 0 bridgehead atoms. The lowest BCUT2D eigenvalue weighted by Gasteiger charge is -2.38. The fourth-order valence-corrected chi connectivity index (χ4v) is 4.51. The minimum absolute atomic E-state index is 0.236. The Morgan fingerprint density at radius 2 is 2.00 bits per heavy atom. The average molecular weight is 445 g/mol. The molecule has 2 aromatic heterocycles. The first-order chi connectivity index (χ1) is 16.0. The van der Waals surface area contributed by atoms with Crippen LogP contribution in [0.5, 0.6) is 5.75 Å². The zero-order valence-electron chi connectivity index (χ0n) is 19.2. The van der Waals surface area contributed by atoms with Gasteiger partial charge in [-0.15, -0.1) is 0 Å². The molecule has 4 heterocycles. The van der Waals surface area contributed by atoms with E-state index in [1.54, 1.807) is 17.3 Å². The Labute approximate surface area is 194 Å². The molecule has 3 aromatic rings. The van der Waals surface area contributed by atoms with Gasteiger partial charge in [-0.1, -0.05) is 18.2 Å². The van der Waals surface area contributed by atoms with Crippen molar-refractivity contribution in [2.24, 2.45) is 0 Å². The Bertz CT molecular complexity index is 1140. The standard InChI is InChI=1S/C26H29N5O2/c1-26(2)18-31(25(32)28-21-9-6-12-27-16-21)24-23(33-26)11-10-22(29-24)20-8-5-7-19(15-20)17-30-13-3-4-14-30/h5-12,15-16H,3-4,13-14,17-18H2,1-2H3,(H,28,32)/p+1. The normalized spacial score (nSPS) is 17.3. The molecule has 0 saturated carbocycles. The molecule has 5 rings (SSSR count). The van der Waals surface area contributed by atoms with E-state index < -0.39 is 5.60 Å². The number of pyridine rings is 2. The van der Waals surface area contributed by atoms with Crippen molar-refractivity contribution in [2.45, 2.75) is 38.8 Å². The highest BCUT2D eigenvalue weighted by molar-refractivity contribution is 6.02. The van der Waals surface area contributed by atoms with Gasteiger partial charge < -0.3 is 10.1 Å². The smallest absolute Gasteiger partial charge is 0.327 e. The first-order valence-corrected chi connectivity index (χ1v) is 11.5. The summed E-state index contributed by atoms with van der Waals surface area (Å²) in [6, 6.07) is 15.9. The molecule has 2 amide bonds. The molecule has 0 atom stereocenters. The lowest BCUT2D eigenvalue weighted by atomic mass is 10.0. The van der Waals surface area contributed by atoms with Crippen LogP contribution in [0.3, 0.4) is 0 Å². The topological polar surface area (TPSA) is 71.8 Å². The Balaban J connectivity index is 1.44. The number of nitrogens with zero attached hydrogens (tertiary/aromatic N) is 3. The molecule has 33 heavy (non-hydrogen) atoms. The predicted molar refractivity (Wildman–Crippen MR) is 128 cm³/mol. The van der Waals surface area contributed by atoms with Gasteiger partial charge in [0.2, 0.25) is 0 Å². The number of ether oxygens (including phenoxy) is 1. The third-order valence-corrected chi connectivity index (χ3v) is 6.05. The van der Waals surface area contributed by atoms with E-state index >= 15 is 0 Å². The molecule has 1 fully saturated rings. The van der Waals surface area contributed by atoms with Crippen LogP contribution < -0.4 is 19.9 Å². The summed E-state index contributed by atoms with van der Waals surface area (Å²) in [5, 5.41) is 2.95. The summed E-state index contributed by atoms with van der Waals surface area (Å²) in [6.07, 6.45) is 6.11. The third-order valence-electron chi connectivity index (χ3n) is 6.05. The van der Waals surface area contributed by atoms with Gasteiger partial charge in [-0.2, -0.15) is 0 Å². The van der Waals surface area contributed by atoms with Crippen LogP contribution in [-0.4, -0.2) is 41.2 Å². The van der Waals surface area contributed by atoms with Crippen LogP contribution in [0.1, 0.15) is 32.3 Å². The Morgan fingerprint density at radius 1 is 1.15 bits per heavy atom. The molecule has 2 aliphatic rings. The van der Waals surface area contributed by atoms with Crippen molar-refractivity contribution in [1.82, 2.24) is 9.88 Å². The van der Waals surface area contributed by atoms with Crippen molar-refractivity contribution in [2.75, 3.05) is 29.9 Å². The maximum atomic E-state index is 13.2. The van der Waals surface area contributed by atoms with E-state index in [-0.39, 0.29) is 6.03 Å². The predicted octanol–water partition coefficient (Wildman–Crippen LogP) is 4.37. The van der Waals surface area contributed by atoms with Gasteiger partial charge in [0.15, 0.2) is 24.0 Å². The lowest BCUT2D eigenvalue weighted by molar-refractivity contribution is -0.377. The van der Waals surface area contributed by atoms with Crippen molar-refractivity contribution in [3.8, 4) is 17.0 Å². The molecule has 170 valence electrons. The van der Waals surface area contributed by atoms with Crippen LogP contribution in [0.2, 0.25) is 0 Å². The van der Waals surface area contributed by atoms with Crippen molar-refractivity contribution < 1.29 is 14.5 Å². The van der Waals surface area contributed by atoms with Gasteiger partial charge in [0.1, 0.15) is 11.3 Å². The molecule has 1 saturated heterocycles. The Hall–Kier alpha value is -3.45. The summed E-state index contributed by atoms with van der Waals surface area (Å²) < 4.78 is 6.16. The lowest BCUT2D eigenvalue weighted by Crippen LogP contribution is -2.51. The SMILES string of the molecule is CC1(C)CN(C(=O)Nc2ccc[nH+]c2)c2nc(-c3cccc(CN4CCCC4)c3)ccc2O1. The van der Waals surface area contributed by atoms with Crippen molar-refractivity contribution >= 4 is 17.5 Å². The Kier molecular flexibility index (Phi) is 5.72. The summed E-state index contributed by atoms with van der Waals surface area (Å²) in [4.78, 5) is 25.2. The number of anilines is 2. The van der Waals surface area contributed by atoms with E-state index in [0.717, 1.165) is 30.9 Å². The van der Waals surface area contributed by atoms with Gasteiger partial charge in [0.05, 0.1) is 12.2 Å². The number of fused-ring (bicyclic) bond motifs is 1. The summed E-state index contributed by atoms with van der Waals surface area (Å²) in [7, 11) is 0. The molecule has 1 aromatic carbocycles. The second-order valence-electron chi connectivity index (χ2n) is 9.37. The van der Waals surface area contributed by atoms with Gasteiger partial charge in [0, 0.05) is 18.2 Å². The number of aromatic amines is 1. The van der Waals surface area contributed by atoms with Crippen LogP contribution in [-0.2, 0) is 6.54 Å². The van der Waals surface area contributed by atoms with Crippen molar-refractivity contribution in [3.05, 3.63) is 66.5 Å². The van der Waals surface area contributed by atoms with Gasteiger partial charge in [-0.05, 0) is 69.6 Å². The minimum atomic E-state index is -0.522. The van der Waals surface area contributed by atoms with E-state index in [9.17, 15) is 4.79 Å². The molecular formula is C26H30N5O2+. The van der Waals surface area contributed by atoms with E-state index in [1.165, 1.54) is 18.4 Å². The highest BCUT2D eigenvalue weighted by Gasteiger charge is 2.36. The van der Waals surface area contributed by atoms with Gasteiger partial charge >= 0.3 is 6.03 Å². The number of hydrogen-bond donors (Lipinski definition) is 1. The zero-order valence-corrected chi connectivity index (χ0v) is 19.2. The second kappa shape index (κ2) is 8.83. The summed E-state index contributed by atoms with van der Waals surface area (Å²) in [5.41, 5.74) is 3.32. The maximum Gasteiger partial charge on any atom is 0.327 e. The first-order valence-electron chi connectivity index (χ1n) is 11.5. The number of H-pyrrole nitrogens is 1. The number of benzene rings is 1. The number of carbonyl (C=O) groups is 1. The van der Waals surface area contributed by atoms with Crippen molar-refractivity contribution in [1.29, 1.82) is 0 Å². The fourth-order valence-electron chi connectivity index (χ4n) is 4.51. The van der Waals surface area contributed by atoms with Crippen LogP contribution in [0.25, 0.3) is 11.3 Å². The highest BCUT2D eigenvalue weighted by Crippen LogP contribution is 2.37. The zero-order chi connectivity index (χ0) is 22.8. The van der Waals surface area contributed by atoms with E-state index in [0.29, 0.717) is 23.8 Å². The molecule has 0 spiro atoms. The average Bonchev–Trinajstić information content (AvgIpc) is 3.31. The second-order valence-corrected chi connectivity index (χ2v) is 9.37. The molecule has 2 aliphatic heterocycles. The maximum absolute atomic E-state index is 13.2. The van der Waals surface area contributed by atoms with Crippen LogP contribution >= 0.6 is 0 Å². The third kappa shape index (κ3) is 4.83. The van der Waals surface area contributed by atoms with Gasteiger partial charge in [-0.3, -0.25) is 9.80 Å². The monoisotopic (exact) mass is 444 g/mol. The summed E-state index contributed by atoms with van der Waals surface area (Å²) in [6.45, 7) is 7.63. The number of nitrogens with one attached hydrogen (secondary N) is 2. The molecule has 2 N–H and O–H groups in total. The summed E-state index contributed by atoms with van der Waals surface area (Å²) in [5.74, 6) is 1.15. The number of rotatable bonds is 4. The summed E-state index contributed by atoms with van der Waals surface area (Å²) >= 11 is 0. The molecule has 0 unspecified atom stereocenters. The molecule has 0 radical (unpaired) electrons. The first kappa shape index (κ1) is 21.4. The molecule has 7 heteroatoms. The van der Waals surface area contributed by atoms with Gasteiger partial charge in [0.25, 0.3) is 0 Å². The van der Waals surface area contributed by atoms with Crippen molar-refractivity contribution in [3.63, 3.8) is 0 Å². The largest absolute Gasteiger partial charge is 0.482 e. The number of amides is 2. The Morgan fingerprint density at radius 3 is 2.79 bits per heavy atom. The van der Waals surface area contributed by atoms with Crippen LogP contribution in [0, 0.1) is 0 Å². The number of likely N-dealkylation sites (tertiary alicyclic amines) is 1. The number of aromatic nitrogens is 2. The number of hydrogen-bond acceptors (Lipinski definition) is 4. The van der Waals surface area contributed by atoms with Crippen LogP contribution in [0.4, 0.5) is 16.3 Å². The van der Waals surface area contributed by atoms with E-state index in [1.807, 2.05) is 38.1 Å². The van der Waals surface area contributed by atoms with E-state index in [2.05, 4.69) is 39.5 Å². The highest BCUT2D eigenvalue weighted by atomic mass is 16.5. The molecule has 7 nitrogen and oxygen atoms in total.